The number of aliphatic hydroxyl groups is 1. The van der Waals surface area contributed by atoms with E-state index in [9.17, 15) is 9.90 Å². The fourth-order valence-corrected chi connectivity index (χ4v) is 1.31. The molecule has 0 saturated heterocycles. The molecule has 0 aliphatic carbocycles. The van der Waals surface area contributed by atoms with Crippen molar-refractivity contribution in [2.75, 3.05) is 0 Å². The van der Waals surface area contributed by atoms with Crippen LogP contribution in [-0.2, 0) is 4.79 Å². The van der Waals surface area contributed by atoms with Crippen LogP contribution in [0.3, 0.4) is 0 Å². The van der Waals surface area contributed by atoms with Crippen molar-refractivity contribution in [3.8, 4) is 0 Å². The molecule has 2 heteroatoms. The summed E-state index contributed by atoms with van der Waals surface area (Å²) in [6.07, 6.45) is 1.23. The molecule has 0 bridgehead atoms. The zero-order valence-corrected chi connectivity index (χ0v) is 9.32. The average Bonchev–Trinajstić information content (AvgIpc) is 2.17. The van der Waals surface area contributed by atoms with Crippen molar-refractivity contribution in [3.05, 3.63) is 41.5 Å². The van der Waals surface area contributed by atoms with Crippen molar-refractivity contribution in [2.24, 2.45) is 0 Å². The Morgan fingerprint density at radius 2 is 1.80 bits per heavy atom. The summed E-state index contributed by atoms with van der Waals surface area (Å²) < 4.78 is 0. The minimum absolute atomic E-state index is 0.0257. The smallest absolute Gasteiger partial charge is 0.156 e. The van der Waals surface area contributed by atoms with E-state index in [-0.39, 0.29) is 11.5 Å². The third-order valence-corrected chi connectivity index (χ3v) is 2.21. The molecular weight excluding hydrogens is 188 g/mol. The van der Waals surface area contributed by atoms with Gasteiger partial charge in [-0.25, -0.2) is 0 Å². The van der Waals surface area contributed by atoms with Crippen LogP contribution < -0.4 is 0 Å². The van der Waals surface area contributed by atoms with Crippen LogP contribution in [-0.4, -0.2) is 10.9 Å². The van der Waals surface area contributed by atoms with E-state index in [1.165, 1.54) is 18.6 Å². The van der Waals surface area contributed by atoms with Crippen LogP contribution in [0, 0.1) is 0 Å². The maximum Gasteiger partial charge on any atom is 0.156 e. The lowest BCUT2D eigenvalue weighted by molar-refractivity contribution is -0.112. The number of aliphatic hydroxyl groups excluding tert-OH is 1. The Kier molecular flexibility index (Phi) is 3.67. The van der Waals surface area contributed by atoms with E-state index >= 15 is 0 Å². The molecule has 0 aliphatic rings. The second kappa shape index (κ2) is 4.78. The maximum absolute atomic E-state index is 10.8. The molecule has 0 heterocycles. The number of carbonyl (C=O) groups excluding carboxylic acids is 1. The molecule has 0 atom stereocenters. The summed E-state index contributed by atoms with van der Waals surface area (Å²) >= 11 is 0. The molecule has 1 rings (SSSR count). The van der Waals surface area contributed by atoms with E-state index in [1.54, 1.807) is 0 Å². The second-order valence-corrected chi connectivity index (χ2v) is 3.92. The maximum atomic E-state index is 10.8. The molecule has 0 fully saturated rings. The molecule has 0 spiro atoms. The minimum atomic E-state index is -0.152. The van der Waals surface area contributed by atoms with E-state index in [1.807, 2.05) is 24.3 Å². The summed E-state index contributed by atoms with van der Waals surface area (Å²) in [4.78, 5) is 10.8. The first-order valence-electron chi connectivity index (χ1n) is 5.02. The lowest BCUT2D eigenvalue weighted by Gasteiger charge is -2.06. The molecular formula is C13H16O2. The zero-order valence-electron chi connectivity index (χ0n) is 9.32. The molecule has 0 amide bonds. The summed E-state index contributed by atoms with van der Waals surface area (Å²) in [5.41, 5.74) is 1.89. The average molecular weight is 204 g/mol. The van der Waals surface area contributed by atoms with Gasteiger partial charge in [-0.1, -0.05) is 38.1 Å². The van der Waals surface area contributed by atoms with Crippen LogP contribution in [0.25, 0.3) is 5.76 Å². The van der Waals surface area contributed by atoms with Crippen LogP contribution in [0.2, 0.25) is 0 Å². The molecule has 0 aliphatic heterocycles. The van der Waals surface area contributed by atoms with Crippen molar-refractivity contribution >= 4 is 11.5 Å². The predicted molar refractivity (Wildman–Crippen MR) is 61.8 cm³/mol. The van der Waals surface area contributed by atoms with E-state index in [0.717, 1.165) is 0 Å². The first-order valence-corrected chi connectivity index (χ1v) is 5.02. The Hall–Kier alpha value is -1.57. The van der Waals surface area contributed by atoms with Crippen LogP contribution >= 0.6 is 0 Å². The lowest BCUT2D eigenvalue weighted by atomic mass is 10.0. The molecule has 1 aromatic carbocycles. The summed E-state index contributed by atoms with van der Waals surface area (Å²) in [6.45, 7) is 5.64. The number of carbonyl (C=O) groups is 1. The lowest BCUT2D eigenvalue weighted by Crippen LogP contribution is -1.91. The monoisotopic (exact) mass is 204 g/mol. The van der Waals surface area contributed by atoms with Gasteiger partial charge in [0.15, 0.2) is 5.78 Å². The van der Waals surface area contributed by atoms with Gasteiger partial charge in [0.1, 0.15) is 5.76 Å². The molecule has 1 N–H and O–H groups in total. The quantitative estimate of drug-likeness (QED) is 0.606. The van der Waals surface area contributed by atoms with E-state index in [2.05, 4.69) is 13.8 Å². The number of allylic oxidation sites excluding steroid dienone is 1. The van der Waals surface area contributed by atoms with Crippen molar-refractivity contribution < 1.29 is 9.90 Å². The van der Waals surface area contributed by atoms with Gasteiger partial charge in [-0.3, -0.25) is 4.79 Å². The van der Waals surface area contributed by atoms with Gasteiger partial charge in [0, 0.05) is 11.6 Å². The van der Waals surface area contributed by atoms with Gasteiger partial charge >= 0.3 is 0 Å². The molecule has 80 valence electrons. The van der Waals surface area contributed by atoms with Crippen molar-refractivity contribution in [1.29, 1.82) is 0 Å². The van der Waals surface area contributed by atoms with E-state index in [0.29, 0.717) is 11.5 Å². The molecule has 2 nitrogen and oxygen atoms in total. The Morgan fingerprint density at radius 3 is 2.20 bits per heavy atom. The predicted octanol–water partition coefficient (Wildman–Crippen LogP) is 3.30. The summed E-state index contributed by atoms with van der Waals surface area (Å²) in [5, 5.41) is 9.56. The zero-order chi connectivity index (χ0) is 11.4. The third-order valence-electron chi connectivity index (χ3n) is 2.21. The standard InChI is InChI=1S/C13H16O2/c1-9(2)11-4-6-12(7-5-11)13(15)8-10(3)14/h4-9,15H,1-3H3/b13-8-. The number of hydrogen-bond donors (Lipinski definition) is 1. The number of ketones is 1. The Balaban J connectivity index is 2.94. The molecule has 0 radical (unpaired) electrons. The third kappa shape index (κ3) is 3.24. The van der Waals surface area contributed by atoms with Crippen LogP contribution in [0.15, 0.2) is 30.3 Å². The fourth-order valence-electron chi connectivity index (χ4n) is 1.31. The fraction of sp³-hybridized carbons (Fsp3) is 0.308. The van der Waals surface area contributed by atoms with Gasteiger partial charge in [0.2, 0.25) is 0 Å². The SMILES string of the molecule is CC(=O)/C=C(\O)c1ccc(C(C)C)cc1. The topological polar surface area (TPSA) is 37.3 Å². The normalized spacial score (nSPS) is 11.9. The minimum Gasteiger partial charge on any atom is -0.507 e. The van der Waals surface area contributed by atoms with Gasteiger partial charge < -0.3 is 5.11 Å². The Bertz CT molecular complexity index is 372. The number of benzene rings is 1. The van der Waals surface area contributed by atoms with Crippen LogP contribution in [0.5, 0.6) is 0 Å². The van der Waals surface area contributed by atoms with Gasteiger partial charge in [-0.15, -0.1) is 0 Å². The highest BCUT2D eigenvalue weighted by atomic mass is 16.3. The van der Waals surface area contributed by atoms with E-state index in [4.69, 9.17) is 0 Å². The van der Waals surface area contributed by atoms with Gasteiger partial charge in [0.25, 0.3) is 0 Å². The molecule has 15 heavy (non-hydrogen) atoms. The second-order valence-electron chi connectivity index (χ2n) is 3.92. The summed E-state index contributed by atoms with van der Waals surface area (Å²) in [7, 11) is 0. The highest BCUT2D eigenvalue weighted by molar-refractivity contribution is 5.93. The Labute approximate surface area is 90.3 Å². The van der Waals surface area contributed by atoms with Gasteiger partial charge in [-0.05, 0) is 18.4 Å². The van der Waals surface area contributed by atoms with Crippen LogP contribution in [0.4, 0.5) is 0 Å². The largest absolute Gasteiger partial charge is 0.507 e. The van der Waals surface area contributed by atoms with Crippen molar-refractivity contribution in [1.82, 2.24) is 0 Å². The molecule has 0 aromatic heterocycles. The highest BCUT2D eigenvalue weighted by Crippen LogP contribution is 2.17. The van der Waals surface area contributed by atoms with Gasteiger partial charge in [0.05, 0.1) is 0 Å². The van der Waals surface area contributed by atoms with Gasteiger partial charge in [-0.2, -0.15) is 0 Å². The molecule has 0 unspecified atom stereocenters. The summed E-state index contributed by atoms with van der Waals surface area (Å²) in [5.74, 6) is 0.344. The first kappa shape index (κ1) is 11.5. The first-order chi connectivity index (χ1) is 7.00. The molecule has 1 aromatic rings. The van der Waals surface area contributed by atoms with Crippen molar-refractivity contribution in [2.45, 2.75) is 26.7 Å². The van der Waals surface area contributed by atoms with Crippen molar-refractivity contribution in [3.63, 3.8) is 0 Å². The highest BCUT2D eigenvalue weighted by Gasteiger charge is 2.02. The Morgan fingerprint density at radius 1 is 1.27 bits per heavy atom. The number of rotatable bonds is 3. The number of hydrogen-bond acceptors (Lipinski definition) is 2. The van der Waals surface area contributed by atoms with E-state index < -0.39 is 0 Å². The van der Waals surface area contributed by atoms with Crippen LogP contribution in [0.1, 0.15) is 37.8 Å². The summed E-state index contributed by atoms with van der Waals surface area (Å²) in [6, 6.07) is 7.57. The molecule has 0 saturated carbocycles.